The summed E-state index contributed by atoms with van der Waals surface area (Å²) in [6, 6.07) is 0. The average molecular weight is 293 g/mol. The van der Waals surface area contributed by atoms with Crippen molar-refractivity contribution in [2.45, 2.75) is 11.8 Å². The quantitative estimate of drug-likeness (QED) is 0.467. The molecule has 0 unspecified atom stereocenters. The smallest absolute Gasteiger partial charge is 0.351 e. The monoisotopic (exact) mass is 293 g/mol. The van der Waals surface area contributed by atoms with Gasteiger partial charge in [0.05, 0.1) is 0 Å². The van der Waals surface area contributed by atoms with E-state index >= 15 is 0 Å². The van der Waals surface area contributed by atoms with Gasteiger partial charge in [0.1, 0.15) is 0 Å². The van der Waals surface area contributed by atoms with Crippen LogP contribution in [0.3, 0.4) is 0 Å². The summed E-state index contributed by atoms with van der Waals surface area (Å²) in [6.07, 6.45) is 4.10. The van der Waals surface area contributed by atoms with Crippen LogP contribution in [0.2, 0.25) is 0 Å². The highest BCUT2D eigenvalue weighted by molar-refractivity contribution is 7.73. The lowest BCUT2D eigenvalue weighted by Gasteiger charge is -2.30. The van der Waals surface area contributed by atoms with Gasteiger partial charge in [-0.2, -0.15) is 0 Å². The van der Waals surface area contributed by atoms with Crippen LogP contribution in [0, 0.1) is 0 Å². The molecule has 1 aliphatic heterocycles. The van der Waals surface area contributed by atoms with Crippen LogP contribution in [0.25, 0.3) is 0 Å². The van der Waals surface area contributed by atoms with Crippen molar-refractivity contribution >= 4 is 15.2 Å². The van der Waals surface area contributed by atoms with Gasteiger partial charge >= 0.3 is 15.2 Å². The lowest BCUT2D eigenvalue weighted by atomic mass is 10.1. The molecule has 0 fully saturated rings. The van der Waals surface area contributed by atoms with E-state index in [0.29, 0.717) is 11.1 Å². The number of hydrogen-bond donors (Lipinski definition) is 5. The summed E-state index contributed by atoms with van der Waals surface area (Å²) in [7, 11) is -10.1. The van der Waals surface area contributed by atoms with Gasteiger partial charge in [0.25, 0.3) is 0 Å². The second-order valence-corrected chi connectivity index (χ2v) is 8.17. The molecule has 2 aliphatic rings. The minimum absolute atomic E-state index is 0.0241. The van der Waals surface area contributed by atoms with E-state index in [9.17, 15) is 28.7 Å². The molecule has 0 bridgehead atoms. The Morgan fingerprint density at radius 2 is 1.78 bits per heavy atom. The molecule has 0 spiro atoms. The van der Waals surface area contributed by atoms with Gasteiger partial charge in [0.2, 0.25) is 4.90 Å². The van der Waals surface area contributed by atoms with Gasteiger partial charge in [-0.15, -0.1) is 0 Å². The van der Waals surface area contributed by atoms with Crippen molar-refractivity contribution in [1.82, 2.24) is 5.32 Å². The Hall–Kier alpha value is -0.680. The molecule has 9 heteroatoms. The lowest BCUT2D eigenvalue weighted by molar-refractivity contribution is 0.331. The third kappa shape index (κ3) is 1.67. The molecule has 0 radical (unpaired) electrons. The highest BCUT2D eigenvalue weighted by Gasteiger charge is 2.62. The Balaban J connectivity index is 2.79. The Labute approximate surface area is 103 Å². The molecule has 1 heterocycles. The SMILES string of the molecule is CC1=C2CNC=CC2=CC1(P(=O)(O)O)P(=O)(O)O. The van der Waals surface area contributed by atoms with E-state index in [4.69, 9.17) is 0 Å². The van der Waals surface area contributed by atoms with E-state index in [1.165, 1.54) is 13.0 Å². The Morgan fingerprint density at radius 3 is 2.22 bits per heavy atom. The molecular formula is C9H13NO6P2. The average Bonchev–Trinajstić information content (AvgIpc) is 2.52. The van der Waals surface area contributed by atoms with Gasteiger partial charge in [-0.25, -0.2) is 0 Å². The zero-order valence-electron chi connectivity index (χ0n) is 9.44. The first-order valence-corrected chi connectivity index (χ1v) is 8.28. The van der Waals surface area contributed by atoms with Crippen LogP contribution < -0.4 is 5.32 Å². The van der Waals surface area contributed by atoms with E-state index in [0.717, 1.165) is 6.08 Å². The molecule has 0 aromatic rings. The first-order chi connectivity index (χ1) is 8.11. The summed E-state index contributed by atoms with van der Waals surface area (Å²) >= 11 is 0. The zero-order valence-corrected chi connectivity index (χ0v) is 11.2. The minimum Gasteiger partial charge on any atom is -0.387 e. The summed E-state index contributed by atoms with van der Waals surface area (Å²) in [4.78, 5) is 35.1. The van der Waals surface area contributed by atoms with E-state index in [1.54, 1.807) is 6.20 Å². The summed E-state index contributed by atoms with van der Waals surface area (Å²) in [5.41, 5.74) is 0.984. The summed E-state index contributed by atoms with van der Waals surface area (Å²) in [5.74, 6) is 0. The highest BCUT2D eigenvalue weighted by atomic mass is 31.2. The number of rotatable bonds is 2. The number of allylic oxidation sites excluding steroid dienone is 3. The topological polar surface area (TPSA) is 127 Å². The Kier molecular flexibility index (Phi) is 2.98. The molecule has 0 aromatic carbocycles. The van der Waals surface area contributed by atoms with Crippen molar-refractivity contribution in [1.29, 1.82) is 0 Å². The van der Waals surface area contributed by atoms with Crippen molar-refractivity contribution in [2.75, 3.05) is 6.54 Å². The van der Waals surface area contributed by atoms with Crippen molar-refractivity contribution < 1.29 is 28.7 Å². The van der Waals surface area contributed by atoms with Crippen LogP contribution >= 0.6 is 15.2 Å². The maximum Gasteiger partial charge on any atom is 0.351 e. The first kappa shape index (κ1) is 13.7. The van der Waals surface area contributed by atoms with Crippen LogP contribution in [0.1, 0.15) is 6.92 Å². The van der Waals surface area contributed by atoms with Gasteiger partial charge in [-0.1, -0.05) is 0 Å². The normalized spacial score (nSPS) is 22.6. The van der Waals surface area contributed by atoms with Crippen LogP contribution in [-0.2, 0) is 9.13 Å². The highest BCUT2D eigenvalue weighted by Crippen LogP contribution is 2.75. The van der Waals surface area contributed by atoms with Crippen LogP contribution in [-0.4, -0.2) is 31.0 Å². The molecule has 0 saturated carbocycles. The fourth-order valence-electron chi connectivity index (χ4n) is 2.32. The van der Waals surface area contributed by atoms with E-state index in [-0.39, 0.29) is 12.1 Å². The van der Waals surface area contributed by atoms with Crippen molar-refractivity contribution in [2.24, 2.45) is 0 Å². The molecular weight excluding hydrogens is 280 g/mol. The summed E-state index contributed by atoms with van der Waals surface area (Å²) in [5, 5.41) is 2.84. The van der Waals surface area contributed by atoms with Crippen LogP contribution in [0.5, 0.6) is 0 Å². The maximum atomic E-state index is 11.6. The third-order valence-corrected chi connectivity index (χ3v) is 7.53. The van der Waals surface area contributed by atoms with Crippen LogP contribution in [0.15, 0.2) is 35.1 Å². The second-order valence-electron chi connectivity index (χ2n) is 4.23. The lowest BCUT2D eigenvalue weighted by Crippen LogP contribution is -2.27. The van der Waals surface area contributed by atoms with E-state index in [1.807, 2.05) is 0 Å². The molecule has 7 nitrogen and oxygen atoms in total. The molecule has 5 N–H and O–H groups in total. The molecule has 0 saturated heterocycles. The van der Waals surface area contributed by atoms with Crippen molar-refractivity contribution in [3.05, 3.63) is 35.1 Å². The molecule has 100 valence electrons. The van der Waals surface area contributed by atoms with Gasteiger partial charge < -0.3 is 24.9 Å². The van der Waals surface area contributed by atoms with Crippen molar-refractivity contribution in [3.63, 3.8) is 0 Å². The van der Waals surface area contributed by atoms with Gasteiger partial charge in [0, 0.05) is 6.54 Å². The molecule has 0 aromatic heterocycles. The largest absolute Gasteiger partial charge is 0.387 e. The number of fused-ring (bicyclic) bond motifs is 1. The number of hydrogen-bond acceptors (Lipinski definition) is 3. The molecule has 2 rings (SSSR count). The molecule has 18 heavy (non-hydrogen) atoms. The fourth-order valence-corrected chi connectivity index (χ4v) is 5.43. The van der Waals surface area contributed by atoms with Gasteiger partial charge in [0.15, 0.2) is 0 Å². The maximum absolute atomic E-state index is 11.6. The minimum atomic E-state index is -5.05. The second kappa shape index (κ2) is 3.90. The Morgan fingerprint density at radius 1 is 1.22 bits per heavy atom. The number of nitrogens with one attached hydrogen (secondary N) is 1. The first-order valence-electron chi connectivity index (χ1n) is 5.06. The summed E-state index contributed by atoms with van der Waals surface area (Å²) in [6.45, 7) is 1.63. The summed E-state index contributed by atoms with van der Waals surface area (Å²) < 4.78 is 23.3. The van der Waals surface area contributed by atoms with Gasteiger partial charge in [-0.05, 0) is 42.0 Å². The molecule has 0 amide bonds. The molecule has 0 atom stereocenters. The van der Waals surface area contributed by atoms with Gasteiger partial charge in [-0.3, -0.25) is 9.13 Å². The van der Waals surface area contributed by atoms with Crippen molar-refractivity contribution in [3.8, 4) is 0 Å². The predicted octanol–water partition coefficient (Wildman–Crippen LogP) is 0.411. The standard InChI is InChI=1S/C9H13NO6P2/c1-6-8-5-10-3-2-7(8)4-9(6,17(11,12)13)18(14,15)16/h2-4,10H,5H2,1H3,(H2,11,12,13)(H2,14,15,16). The predicted molar refractivity (Wildman–Crippen MR) is 64.7 cm³/mol. The van der Waals surface area contributed by atoms with Crippen LogP contribution in [0.4, 0.5) is 0 Å². The fraction of sp³-hybridized carbons (Fsp3) is 0.333. The Bertz CT molecular complexity index is 556. The van der Waals surface area contributed by atoms with E-state index < -0.39 is 20.1 Å². The zero-order chi connectivity index (χ0) is 13.8. The third-order valence-electron chi connectivity index (χ3n) is 3.26. The van der Waals surface area contributed by atoms with E-state index in [2.05, 4.69) is 5.32 Å². The molecule has 1 aliphatic carbocycles.